The summed E-state index contributed by atoms with van der Waals surface area (Å²) in [7, 11) is 1.61. The average molecular weight is 203 g/mol. The molecule has 0 saturated carbocycles. The van der Waals surface area contributed by atoms with E-state index >= 15 is 0 Å². The monoisotopic (exact) mass is 202 g/mol. The molecular formula is C9H12ClFN2. The number of aromatic nitrogens is 1. The molecule has 4 heteroatoms. The molecule has 0 amide bonds. The van der Waals surface area contributed by atoms with Gasteiger partial charge in [-0.05, 0) is 12.0 Å². The summed E-state index contributed by atoms with van der Waals surface area (Å²) in [5, 5.41) is 0. The van der Waals surface area contributed by atoms with Gasteiger partial charge in [-0.3, -0.25) is 4.42 Å². The summed E-state index contributed by atoms with van der Waals surface area (Å²) >= 11 is 5.61. The average Bonchev–Trinajstić information content (AvgIpc) is 2.03. The second kappa shape index (κ2) is 3.92. The van der Waals surface area contributed by atoms with Gasteiger partial charge in [-0.25, -0.2) is 4.98 Å². The minimum absolute atomic E-state index is 0.141. The smallest absolute Gasteiger partial charge is 0.218 e. The Balaban J connectivity index is 3.06. The third-order valence-corrected chi connectivity index (χ3v) is 1.97. The van der Waals surface area contributed by atoms with Crippen LogP contribution in [0.5, 0.6) is 0 Å². The Hall–Kier alpha value is -0.830. The maximum absolute atomic E-state index is 13.3. The highest BCUT2D eigenvalue weighted by atomic mass is 35.5. The van der Waals surface area contributed by atoms with Crippen LogP contribution >= 0.6 is 11.8 Å². The summed E-state index contributed by atoms with van der Waals surface area (Å²) < 4.78 is 14.5. The van der Waals surface area contributed by atoms with Crippen molar-refractivity contribution in [2.24, 2.45) is 0 Å². The second-order valence-corrected chi connectivity index (χ2v) is 3.69. The van der Waals surface area contributed by atoms with E-state index in [1.165, 1.54) is 4.42 Å². The van der Waals surface area contributed by atoms with Gasteiger partial charge in [0.25, 0.3) is 0 Å². The van der Waals surface area contributed by atoms with Gasteiger partial charge in [0.2, 0.25) is 5.95 Å². The fraction of sp³-hybridized carbons (Fsp3) is 0.444. The molecule has 0 N–H and O–H groups in total. The first-order valence-corrected chi connectivity index (χ1v) is 4.42. The Morgan fingerprint density at radius 3 is 2.46 bits per heavy atom. The number of halogens is 2. The van der Waals surface area contributed by atoms with Crippen molar-refractivity contribution in [3.63, 3.8) is 0 Å². The molecule has 0 unspecified atom stereocenters. The predicted octanol–water partition coefficient (Wildman–Crippen LogP) is 2.93. The van der Waals surface area contributed by atoms with Crippen LogP contribution in [0.3, 0.4) is 0 Å². The third kappa shape index (κ3) is 2.31. The van der Waals surface area contributed by atoms with Crippen LogP contribution in [0.4, 0.5) is 10.2 Å². The molecule has 0 aliphatic rings. The van der Waals surface area contributed by atoms with Crippen molar-refractivity contribution < 1.29 is 4.39 Å². The van der Waals surface area contributed by atoms with E-state index in [0.29, 0.717) is 11.4 Å². The molecule has 0 aromatic carbocycles. The molecule has 2 nitrogen and oxygen atoms in total. The summed E-state index contributed by atoms with van der Waals surface area (Å²) in [6.07, 6.45) is 0. The van der Waals surface area contributed by atoms with Crippen LogP contribution in [0.2, 0.25) is 0 Å². The highest BCUT2D eigenvalue weighted by Crippen LogP contribution is 2.20. The van der Waals surface area contributed by atoms with Gasteiger partial charge in [0.05, 0.1) is 0 Å². The van der Waals surface area contributed by atoms with E-state index in [0.717, 1.165) is 0 Å². The van der Waals surface area contributed by atoms with Crippen LogP contribution in [0.1, 0.15) is 25.3 Å². The zero-order chi connectivity index (χ0) is 10.0. The van der Waals surface area contributed by atoms with Gasteiger partial charge in [0.15, 0.2) is 0 Å². The molecule has 1 aromatic heterocycles. The Morgan fingerprint density at radius 1 is 1.46 bits per heavy atom. The summed E-state index contributed by atoms with van der Waals surface area (Å²) in [4.78, 5) is 3.72. The molecule has 0 aliphatic heterocycles. The van der Waals surface area contributed by atoms with Gasteiger partial charge in [-0.15, -0.1) is 0 Å². The van der Waals surface area contributed by atoms with Gasteiger partial charge >= 0.3 is 0 Å². The van der Waals surface area contributed by atoms with E-state index in [2.05, 4.69) is 4.98 Å². The lowest BCUT2D eigenvalue weighted by molar-refractivity contribution is 0.557. The van der Waals surface area contributed by atoms with Crippen molar-refractivity contribution in [2.75, 3.05) is 11.5 Å². The minimum Gasteiger partial charge on any atom is -0.272 e. The van der Waals surface area contributed by atoms with Crippen LogP contribution in [0.15, 0.2) is 12.1 Å². The third-order valence-electron chi connectivity index (χ3n) is 1.80. The lowest BCUT2D eigenvalue weighted by Gasteiger charge is -2.10. The minimum atomic E-state index is -0.444. The molecule has 72 valence electrons. The first kappa shape index (κ1) is 10.3. The Kier molecular flexibility index (Phi) is 3.09. The number of rotatable bonds is 2. The van der Waals surface area contributed by atoms with E-state index in [1.807, 2.05) is 13.8 Å². The van der Waals surface area contributed by atoms with Crippen LogP contribution < -0.4 is 4.42 Å². The van der Waals surface area contributed by atoms with Crippen LogP contribution in [-0.2, 0) is 0 Å². The number of hydrogen-bond donors (Lipinski definition) is 0. The standard InChI is InChI=1S/C9H12ClFN2/c1-6(2)7-4-5-8(13(3)10)12-9(7)11/h4-6H,1-3H3. The first-order valence-electron chi connectivity index (χ1n) is 4.08. The molecule has 0 bridgehead atoms. The van der Waals surface area contributed by atoms with E-state index in [1.54, 1.807) is 19.2 Å². The largest absolute Gasteiger partial charge is 0.272 e. The highest BCUT2D eigenvalue weighted by Gasteiger charge is 2.09. The molecule has 1 rings (SSSR count). The zero-order valence-electron chi connectivity index (χ0n) is 7.88. The molecule has 1 aromatic rings. The van der Waals surface area contributed by atoms with Crippen molar-refractivity contribution in [3.05, 3.63) is 23.6 Å². The van der Waals surface area contributed by atoms with E-state index < -0.39 is 5.95 Å². The Bertz CT molecular complexity index is 300. The maximum atomic E-state index is 13.3. The lowest BCUT2D eigenvalue weighted by atomic mass is 10.1. The second-order valence-electron chi connectivity index (χ2n) is 3.18. The van der Waals surface area contributed by atoms with E-state index in [9.17, 15) is 4.39 Å². The van der Waals surface area contributed by atoms with Crippen molar-refractivity contribution >= 4 is 17.6 Å². The Morgan fingerprint density at radius 2 is 2.08 bits per heavy atom. The quantitative estimate of drug-likeness (QED) is 0.542. The molecule has 13 heavy (non-hydrogen) atoms. The molecule has 0 fully saturated rings. The summed E-state index contributed by atoms with van der Waals surface area (Å²) in [5.41, 5.74) is 0.613. The van der Waals surface area contributed by atoms with Crippen molar-refractivity contribution in [2.45, 2.75) is 19.8 Å². The van der Waals surface area contributed by atoms with Crippen LogP contribution in [-0.4, -0.2) is 12.0 Å². The number of nitrogens with zero attached hydrogens (tertiary/aromatic N) is 2. The number of anilines is 1. The van der Waals surface area contributed by atoms with Crippen molar-refractivity contribution in [1.82, 2.24) is 4.98 Å². The molecule has 0 radical (unpaired) electrons. The normalized spacial score (nSPS) is 10.6. The molecule has 1 heterocycles. The van der Waals surface area contributed by atoms with Crippen LogP contribution in [0.25, 0.3) is 0 Å². The topological polar surface area (TPSA) is 16.1 Å². The fourth-order valence-corrected chi connectivity index (χ4v) is 1.13. The van der Waals surface area contributed by atoms with E-state index in [4.69, 9.17) is 11.8 Å². The van der Waals surface area contributed by atoms with Gasteiger partial charge in [-0.1, -0.05) is 19.9 Å². The molecular weight excluding hydrogens is 191 g/mol. The van der Waals surface area contributed by atoms with Gasteiger partial charge in [-0.2, -0.15) is 4.39 Å². The van der Waals surface area contributed by atoms with Crippen LogP contribution in [0, 0.1) is 5.95 Å². The summed E-state index contributed by atoms with van der Waals surface area (Å²) in [6, 6.07) is 3.41. The Labute approximate surface area is 82.5 Å². The molecule has 0 spiro atoms. The molecule has 0 aliphatic carbocycles. The highest BCUT2D eigenvalue weighted by molar-refractivity contribution is 6.24. The van der Waals surface area contributed by atoms with Gasteiger partial charge < -0.3 is 0 Å². The van der Waals surface area contributed by atoms with Crippen molar-refractivity contribution in [1.29, 1.82) is 0 Å². The van der Waals surface area contributed by atoms with Crippen molar-refractivity contribution in [3.8, 4) is 0 Å². The summed E-state index contributed by atoms with van der Waals surface area (Å²) in [6.45, 7) is 3.84. The van der Waals surface area contributed by atoms with E-state index in [-0.39, 0.29) is 5.92 Å². The fourth-order valence-electron chi connectivity index (χ4n) is 1.04. The number of pyridine rings is 1. The maximum Gasteiger partial charge on any atom is 0.218 e. The predicted molar refractivity (Wildman–Crippen MR) is 52.5 cm³/mol. The lowest BCUT2D eigenvalue weighted by Crippen LogP contribution is -2.06. The van der Waals surface area contributed by atoms with Gasteiger partial charge in [0, 0.05) is 24.4 Å². The SMILES string of the molecule is CC(C)c1ccc(N(C)Cl)nc1F. The molecule has 0 atom stereocenters. The molecule has 0 saturated heterocycles. The zero-order valence-corrected chi connectivity index (χ0v) is 8.64. The first-order chi connectivity index (χ1) is 6.02. The van der Waals surface area contributed by atoms with Gasteiger partial charge in [0.1, 0.15) is 5.82 Å². The summed E-state index contributed by atoms with van der Waals surface area (Å²) in [5.74, 6) is 0.116. The number of hydrogen-bond acceptors (Lipinski definition) is 2.